The first-order chi connectivity index (χ1) is 13.0. The minimum atomic E-state index is -0.199. The molecule has 2 aromatic heterocycles. The molecular formula is C18H17N5O2S2. The molecule has 0 aliphatic rings. The average Bonchev–Trinajstić information content (AvgIpc) is 3.25. The van der Waals surface area contributed by atoms with Crippen LogP contribution in [0.3, 0.4) is 0 Å². The first kappa shape index (κ1) is 18.9. The van der Waals surface area contributed by atoms with Gasteiger partial charge in [0.25, 0.3) is 0 Å². The van der Waals surface area contributed by atoms with E-state index in [0.29, 0.717) is 27.4 Å². The highest BCUT2D eigenvalue weighted by Gasteiger charge is 2.16. The molecule has 0 radical (unpaired) electrons. The molecular weight excluding hydrogens is 382 g/mol. The van der Waals surface area contributed by atoms with E-state index in [1.807, 2.05) is 38.1 Å². The van der Waals surface area contributed by atoms with E-state index in [4.69, 9.17) is 11.3 Å². The monoisotopic (exact) mass is 399 g/mol. The van der Waals surface area contributed by atoms with E-state index < -0.39 is 0 Å². The number of nitrogens with one attached hydrogen (secondary N) is 2. The molecule has 0 aliphatic carbocycles. The van der Waals surface area contributed by atoms with E-state index in [-0.39, 0.29) is 11.7 Å². The number of aryl methyl sites for hydroxylation is 1. The van der Waals surface area contributed by atoms with Gasteiger partial charge in [-0.1, -0.05) is 23.9 Å². The Hall–Kier alpha value is -2.83. The Labute approximate surface area is 165 Å². The van der Waals surface area contributed by atoms with Gasteiger partial charge in [0.05, 0.1) is 25.0 Å². The summed E-state index contributed by atoms with van der Waals surface area (Å²) in [4.78, 5) is 21.2. The highest BCUT2D eigenvalue weighted by atomic mass is 32.2. The van der Waals surface area contributed by atoms with Crippen molar-refractivity contribution in [2.45, 2.75) is 19.0 Å². The van der Waals surface area contributed by atoms with E-state index in [0.717, 1.165) is 16.0 Å². The van der Waals surface area contributed by atoms with Gasteiger partial charge in [0.15, 0.2) is 5.82 Å². The van der Waals surface area contributed by atoms with Crippen molar-refractivity contribution in [3.8, 4) is 17.1 Å². The second-order valence-corrected chi connectivity index (χ2v) is 7.74. The lowest BCUT2D eigenvalue weighted by Crippen LogP contribution is -2.13. The fourth-order valence-electron chi connectivity index (χ4n) is 2.40. The standard InChI is InChI=1S/C18H17N5O2S2/c1-10-11(2)27-17(15(10)19-3)20-14(24)9-26-18-21-16(22-23-18)12-7-5-6-8-13(12)25-4/h5-8H,9H2,1-2,4H3,(H,20,24)(H,21,22,23). The summed E-state index contributed by atoms with van der Waals surface area (Å²) in [5, 5.41) is 10.9. The van der Waals surface area contributed by atoms with Crippen LogP contribution < -0.4 is 10.1 Å². The number of ether oxygens (including phenoxy) is 1. The topological polar surface area (TPSA) is 84.3 Å². The SMILES string of the molecule is [C-]#[N+]c1c(NC(=O)CSc2n[nH]c(-c3ccccc3OC)n2)sc(C)c1C. The van der Waals surface area contributed by atoms with Crippen molar-refractivity contribution in [2.75, 3.05) is 18.2 Å². The number of anilines is 1. The molecule has 7 nitrogen and oxygen atoms in total. The summed E-state index contributed by atoms with van der Waals surface area (Å²) < 4.78 is 5.33. The number of hydrogen-bond acceptors (Lipinski definition) is 6. The number of carbonyl (C=O) groups excluding carboxylic acids is 1. The van der Waals surface area contributed by atoms with Gasteiger partial charge < -0.3 is 10.1 Å². The summed E-state index contributed by atoms with van der Waals surface area (Å²) in [5.41, 5.74) is 2.22. The summed E-state index contributed by atoms with van der Waals surface area (Å²) in [5.74, 6) is 1.22. The predicted octanol–water partition coefficient (Wildman–Crippen LogP) is 4.44. The summed E-state index contributed by atoms with van der Waals surface area (Å²) in [6.45, 7) is 11.1. The normalized spacial score (nSPS) is 10.4. The number of para-hydroxylation sites is 1. The number of aromatic amines is 1. The van der Waals surface area contributed by atoms with Gasteiger partial charge in [0.2, 0.25) is 16.8 Å². The lowest BCUT2D eigenvalue weighted by molar-refractivity contribution is -0.113. The lowest BCUT2D eigenvalue weighted by Gasteiger charge is -2.04. The highest BCUT2D eigenvalue weighted by Crippen LogP contribution is 2.39. The Kier molecular flexibility index (Phi) is 5.78. The van der Waals surface area contributed by atoms with E-state index in [1.165, 1.54) is 23.1 Å². The van der Waals surface area contributed by atoms with Crippen LogP contribution in [0.1, 0.15) is 10.4 Å². The van der Waals surface area contributed by atoms with Gasteiger partial charge in [-0.05, 0) is 36.4 Å². The summed E-state index contributed by atoms with van der Waals surface area (Å²) in [7, 11) is 1.60. The van der Waals surface area contributed by atoms with Crippen LogP contribution in [0.4, 0.5) is 10.7 Å². The zero-order chi connectivity index (χ0) is 19.4. The van der Waals surface area contributed by atoms with Gasteiger partial charge in [-0.15, -0.1) is 16.4 Å². The van der Waals surface area contributed by atoms with Crippen molar-refractivity contribution in [3.63, 3.8) is 0 Å². The Balaban J connectivity index is 1.64. The van der Waals surface area contributed by atoms with Crippen LogP contribution in [-0.4, -0.2) is 34.0 Å². The summed E-state index contributed by atoms with van der Waals surface area (Å²) in [6, 6.07) is 7.50. The number of carbonyl (C=O) groups is 1. The fraction of sp³-hybridized carbons (Fsp3) is 0.222. The summed E-state index contributed by atoms with van der Waals surface area (Å²) in [6.07, 6.45) is 0. The highest BCUT2D eigenvalue weighted by molar-refractivity contribution is 7.99. The molecule has 2 heterocycles. The van der Waals surface area contributed by atoms with E-state index in [1.54, 1.807) is 7.11 Å². The van der Waals surface area contributed by atoms with E-state index >= 15 is 0 Å². The average molecular weight is 400 g/mol. The van der Waals surface area contributed by atoms with Crippen molar-refractivity contribution in [1.82, 2.24) is 15.2 Å². The third-order valence-electron chi connectivity index (χ3n) is 3.88. The van der Waals surface area contributed by atoms with Crippen molar-refractivity contribution in [1.29, 1.82) is 0 Å². The molecule has 3 rings (SSSR count). The largest absolute Gasteiger partial charge is 0.496 e. The van der Waals surface area contributed by atoms with Gasteiger partial charge in [-0.3, -0.25) is 9.89 Å². The van der Waals surface area contributed by atoms with Crippen molar-refractivity contribution in [3.05, 3.63) is 46.1 Å². The quantitative estimate of drug-likeness (QED) is 0.473. The first-order valence-electron chi connectivity index (χ1n) is 7.99. The lowest BCUT2D eigenvalue weighted by atomic mass is 10.2. The number of benzene rings is 1. The Bertz CT molecular complexity index is 1020. The van der Waals surface area contributed by atoms with Gasteiger partial charge in [0, 0.05) is 0 Å². The van der Waals surface area contributed by atoms with Crippen LogP contribution in [0.15, 0.2) is 29.4 Å². The molecule has 0 bridgehead atoms. The molecule has 3 aromatic rings. The van der Waals surface area contributed by atoms with Gasteiger partial charge in [0.1, 0.15) is 10.8 Å². The Morgan fingerprint density at radius 2 is 2.19 bits per heavy atom. The number of rotatable bonds is 6. The minimum Gasteiger partial charge on any atom is -0.496 e. The molecule has 0 saturated heterocycles. The zero-order valence-electron chi connectivity index (χ0n) is 15.0. The molecule has 27 heavy (non-hydrogen) atoms. The minimum absolute atomic E-state index is 0.149. The molecule has 2 N–H and O–H groups in total. The molecule has 1 amide bonds. The van der Waals surface area contributed by atoms with Crippen LogP contribution in [-0.2, 0) is 4.79 Å². The number of H-pyrrole nitrogens is 1. The molecule has 138 valence electrons. The van der Waals surface area contributed by atoms with Crippen molar-refractivity contribution < 1.29 is 9.53 Å². The number of aromatic nitrogens is 3. The number of methoxy groups -OCH3 is 1. The van der Waals surface area contributed by atoms with Crippen LogP contribution >= 0.6 is 23.1 Å². The number of amides is 1. The number of nitrogens with zero attached hydrogens (tertiary/aromatic N) is 3. The maximum atomic E-state index is 12.2. The Morgan fingerprint density at radius 3 is 2.93 bits per heavy atom. The van der Waals surface area contributed by atoms with Gasteiger partial charge in [-0.25, -0.2) is 9.83 Å². The molecule has 0 spiro atoms. The molecule has 0 fully saturated rings. The number of thioether (sulfide) groups is 1. The van der Waals surface area contributed by atoms with E-state index in [2.05, 4.69) is 25.3 Å². The molecule has 9 heteroatoms. The van der Waals surface area contributed by atoms with Crippen LogP contribution in [0.25, 0.3) is 16.2 Å². The molecule has 0 saturated carbocycles. The second kappa shape index (κ2) is 8.24. The van der Waals surface area contributed by atoms with E-state index in [9.17, 15) is 4.79 Å². The molecule has 1 aromatic carbocycles. The summed E-state index contributed by atoms with van der Waals surface area (Å²) >= 11 is 2.64. The van der Waals surface area contributed by atoms with Crippen molar-refractivity contribution in [2.24, 2.45) is 0 Å². The van der Waals surface area contributed by atoms with Crippen LogP contribution in [0.5, 0.6) is 5.75 Å². The first-order valence-corrected chi connectivity index (χ1v) is 9.79. The second-order valence-electron chi connectivity index (χ2n) is 5.58. The smallest absolute Gasteiger partial charge is 0.234 e. The maximum Gasteiger partial charge on any atom is 0.234 e. The van der Waals surface area contributed by atoms with Crippen molar-refractivity contribution >= 4 is 39.7 Å². The fourth-order valence-corrected chi connectivity index (χ4v) is 4.01. The third kappa shape index (κ3) is 4.13. The molecule has 0 atom stereocenters. The molecule has 0 aliphatic heterocycles. The van der Waals surface area contributed by atoms with Gasteiger partial charge >= 0.3 is 0 Å². The third-order valence-corrected chi connectivity index (χ3v) is 5.84. The van der Waals surface area contributed by atoms with Crippen LogP contribution in [0, 0.1) is 20.4 Å². The van der Waals surface area contributed by atoms with Gasteiger partial charge in [-0.2, -0.15) is 0 Å². The van der Waals surface area contributed by atoms with Crippen LogP contribution in [0.2, 0.25) is 0 Å². The maximum absolute atomic E-state index is 12.2. The zero-order valence-corrected chi connectivity index (χ0v) is 16.6. The molecule has 0 unspecified atom stereocenters. The number of thiophene rings is 1. The number of hydrogen-bond donors (Lipinski definition) is 2. The Morgan fingerprint density at radius 1 is 1.41 bits per heavy atom. The predicted molar refractivity (Wildman–Crippen MR) is 108 cm³/mol.